The minimum absolute atomic E-state index is 0.193. The van der Waals surface area contributed by atoms with Gasteiger partial charge in [0, 0.05) is 23.6 Å². The van der Waals surface area contributed by atoms with Crippen molar-refractivity contribution >= 4 is 6.21 Å². The average Bonchev–Trinajstić information content (AvgIpc) is 2.35. The quantitative estimate of drug-likeness (QED) is 0.485. The molecule has 84 valence electrons. The second kappa shape index (κ2) is 6.81. The summed E-state index contributed by atoms with van der Waals surface area (Å²) in [5, 5.41) is 17.9. The van der Waals surface area contributed by atoms with Crippen LogP contribution in [-0.4, -0.2) is 11.3 Å². The molecule has 0 bridgehead atoms. The van der Waals surface area contributed by atoms with Gasteiger partial charge in [-0.05, 0) is 24.3 Å². The Kier molecular flexibility index (Phi) is 4.99. The Morgan fingerprint density at radius 3 is 2.82 bits per heavy atom. The molecule has 1 rings (SSSR count). The Morgan fingerprint density at radius 1 is 1.35 bits per heavy atom. The van der Waals surface area contributed by atoms with E-state index in [2.05, 4.69) is 11.6 Å². The van der Waals surface area contributed by atoms with Gasteiger partial charge in [-0.3, -0.25) is 4.99 Å². The fourth-order valence-corrected chi connectivity index (χ4v) is 1.03. The zero-order valence-corrected chi connectivity index (χ0v) is 9.24. The van der Waals surface area contributed by atoms with Gasteiger partial charge >= 0.3 is 0 Å². The SMILES string of the molecule is C=C(C#N)\C=C/C=C/N=C/c1ccccc1O. The van der Waals surface area contributed by atoms with Crippen LogP contribution in [0.3, 0.4) is 0 Å². The molecule has 0 radical (unpaired) electrons. The molecule has 0 aromatic heterocycles. The molecule has 3 heteroatoms. The molecule has 0 aliphatic carbocycles. The van der Waals surface area contributed by atoms with Crippen molar-refractivity contribution in [2.45, 2.75) is 0 Å². The Hall–Kier alpha value is -2.60. The first kappa shape index (κ1) is 12.5. The number of phenolic OH excluding ortho intramolecular Hbond substituents is 1. The van der Waals surface area contributed by atoms with Crippen molar-refractivity contribution in [1.82, 2.24) is 0 Å². The molecule has 0 spiro atoms. The Bertz CT molecular complexity index is 519. The number of rotatable bonds is 4. The topological polar surface area (TPSA) is 56.4 Å². The summed E-state index contributed by atoms with van der Waals surface area (Å²) in [5.41, 5.74) is 1.04. The minimum Gasteiger partial charge on any atom is -0.507 e. The van der Waals surface area contributed by atoms with E-state index >= 15 is 0 Å². The summed E-state index contributed by atoms with van der Waals surface area (Å²) < 4.78 is 0. The Morgan fingerprint density at radius 2 is 2.12 bits per heavy atom. The van der Waals surface area contributed by atoms with Crippen LogP contribution in [0.15, 0.2) is 65.8 Å². The van der Waals surface area contributed by atoms with E-state index in [1.165, 1.54) is 0 Å². The van der Waals surface area contributed by atoms with Crippen molar-refractivity contribution in [3.05, 3.63) is 66.4 Å². The molecule has 1 aromatic carbocycles. The minimum atomic E-state index is 0.193. The molecular weight excluding hydrogens is 212 g/mol. The second-order valence-corrected chi connectivity index (χ2v) is 3.17. The van der Waals surface area contributed by atoms with E-state index in [4.69, 9.17) is 5.26 Å². The number of aromatic hydroxyl groups is 1. The van der Waals surface area contributed by atoms with Crippen molar-refractivity contribution in [3.8, 4) is 11.8 Å². The molecule has 0 saturated heterocycles. The van der Waals surface area contributed by atoms with E-state index in [-0.39, 0.29) is 5.75 Å². The molecule has 0 heterocycles. The van der Waals surface area contributed by atoms with Gasteiger partial charge in [0.05, 0.1) is 6.07 Å². The highest BCUT2D eigenvalue weighted by Crippen LogP contribution is 2.12. The van der Waals surface area contributed by atoms with E-state index in [0.29, 0.717) is 11.1 Å². The molecule has 1 aromatic rings. The second-order valence-electron chi connectivity index (χ2n) is 3.17. The van der Waals surface area contributed by atoms with Gasteiger partial charge in [-0.15, -0.1) is 0 Å². The third kappa shape index (κ3) is 4.63. The van der Waals surface area contributed by atoms with Gasteiger partial charge in [-0.25, -0.2) is 0 Å². The van der Waals surface area contributed by atoms with Gasteiger partial charge in [-0.2, -0.15) is 5.26 Å². The van der Waals surface area contributed by atoms with E-state index in [1.54, 1.807) is 48.8 Å². The number of allylic oxidation sites excluding steroid dienone is 4. The van der Waals surface area contributed by atoms with Gasteiger partial charge in [0.25, 0.3) is 0 Å². The van der Waals surface area contributed by atoms with E-state index in [9.17, 15) is 5.11 Å². The molecule has 3 nitrogen and oxygen atoms in total. The predicted molar refractivity (Wildman–Crippen MR) is 68.7 cm³/mol. The molecule has 1 N–H and O–H groups in total. The summed E-state index contributed by atoms with van der Waals surface area (Å²) in [6.07, 6.45) is 8.06. The van der Waals surface area contributed by atoms with Crippen LogP contribution in [0.25, 0.3) is 0 Å². The summed E-state index contributed by atoms with van der Waals surface area (Å²) in [6, 6.07) is 8.84. The first-order chi connectivity index (χ1) is 8.24. The molecule has 0 unspecified atom stereocenters. The van der Waals surface area contributed by atoms with Crippen LogP contribution in [0.2, 0.25) is 0 Å². The third-order valence-electron chi connectivity index (χ3n) is 1.87. The van der Waals surface area contributed by atoms with Gasteiger partial charge < -0.3 is 5.11 Å². The molecule has 0 aliphatic rings. The van der Waals surface area contributed by atoms with Crippen molar-refractivity contribution < 1.29 is 5.11 Å². The lowest BCUT2D eigenvalue weighted by Crippen LogP contribution is -1.79. The highest BCUT2D eigenvalue weighted by molar-refractivity contribution is 5.83. The van der Waals surface area contributed by atoms with Crippen LogP contribution < -0.4 is 0 Å². The maximum Gasteiger partial charge on any atom is 0.124 e. The lowest BCUT2D eigenvalue weighted by atomic mass is 10.2. The fourth-order valence-electron chi connectivity index (χ4n) is 1.03. The van der Waals surface area contributed by atoms with Crippen LogP contribution in [-0.2, 0) is 0 Å². The molecule has 0 saturated carbocycles. The van der Waals surface area contributed by atoms with Crippen molar-refractivity contribution in [1.29, 1.82) is 5.26 Å². The Labute approximate surface area is 100 Å². The van der Waals surface area contributed by atoms with Gasteiger partial charge in [0.2, 0.25) is 0 Å². The highest BCUT2D eigenvalue weighted by Gasteiger charge is 1.92. The molecule has 0 fully saturated rings. The number of aliphatic imine (C=N–C) groups is 1. The van der Waals surface area contributed by atoms with Gasteiger partial charge in [-0.1, -0.05) is 24.8 Å². The molecule has 0 atom stereocenters. The first-order valence-corrected chi connectivity index (χ1v) is 4.97. The lowest BCUT2D eigenvalue weighted by molar-refractivity contribution is 0.474. The molecule has 0 amide bonds. The van der Waals surface area contributed by atoms with Crippen LogP contribution in [0.1, 0.15) is 5.56 Å². The highest BCUT2D eigenvalue weighted by atomic mass is 16.3. The molecule has 17 heavy (non-hydrogen) atoms. The number of nitrogens with zero attached hydrogens (tertiary/aromatic N) is 2. The van der Waals surface area contributed by atoms with E-state index in [1.807, 2.05) is 12.1 Å². The van der Waals surface area contributed by atoms with E-state index in [0.717, 1.165) is 0 Å². The third-order valence-corrected chi connectivity index (χ3v) is 1.87. The largest absolute Gasteiger partial charge is 0.507 e. The summed E-state index contributed by atoms with van der Waals surface area (Å²) in [4.78, 5) is 4.00. The molecule has 0 aliphatic heterocycles. The monoisotopic (exact) mass is 224 g/mol. The zero-order chi connectivity index (χ0) is 12.5. The van der Waals surface area contributed by atoms with Crippen molar-refractivity contribution in [2.24, 2.45) is 4.99 Å². The van der Waals surface area contributed by atoms with Crippen molar-refractivity contribution in [2.75, 3.05) is 0 Å². The summed E-state index contributed by atoms with van der Waals surface area (Å²) in [6.45, 7) is 3.50. The summed E-state index contributed by atoms with van der Waals surface area (Å²) in [5.74, 6) is 0.193. The van der Waals surface area contributed by atoms with Crippen LogP contribution in [0.5, 0.6) is 5.75 Å². The van der Waals surface area contributed by atoms with Crippen LogP contribution >= 0.6 is 0 Å². The smallest absolute Gasteiger partial charge is 0.124 e. The summed E-state index contributed by atoms with van der Waals surface area (Å²) >= 11 is 0. The number of hydrogen-bond donors (Lipinski definition) is 1. The zero-order valence-electron chi connectivity index (χ0n) is 9.24. The van der Waals surface area contributed by atoms with E-state index < -0.39 is 0 Å². The number of phenols is 1. The maximum atomic E-state index is 9.44. The summed E-state index contributed by atoms with van der Waals surface area (Å²) in [7, 11) is 0. The van der Waals surface area contributed by atoms with Gasteiger partial charge in [0.1, 0.15) is 5.75 Å². The van der Waals surface area contributed by atoms with Crippen LogP contribution in [0.4, 0.5) is 0 Å². The predicted octanol–water partition coefficient (Wildman–Crippen LogP) is 2.96. The fraction of sp³-hybridized carbons (Fsp3) is 0. The molecular formula is C14H12N2O. The standard InChI is InChI=1S/C14H12N2O/c1-12(10-15)6-4-5-9-16-11-13-7-2-3-8-14(13)17/h2-9,11,17H,1H2/b6-4-,9-5+,16-11+. The van der Waals surface area contributed by atoms with Crippen LogP contribution in [0, 0.1) is 11.3 Å². The lowest BCUT2D eigenvalue weighted by Gasteiger charge is -1.94. The normalized spacial score (nSPS) is 11.2. The van der Waals surface area contributed by atoms with Gasteiger partial charge in [0.15, 0.2) is 0 Å². The Balaban J connectivity index is 2.55. The van der Waals surface area contributed by atoms with Crippen molar-refractivity contribution in [3.63, 3.8) is 0 Å². The first-order valence-electron chi connectivity index (χ1n) is 4.97. The number of para-hydroxylation sites is 1. The maximum absolute atomic E-state index is 9.44. The number of nitriles is 1. The average molecular weight is 224 g/mol. The number of benzene rings is 1. The number of hydrogen-bond acceptors (Lipinski definition) is 3.